The molecule has 0 bridgehead atoms. The molecule has 1 fully saturated rings. The van der Waals surface area contributed by atoms with Gasteiger partial charge >= 0.3 is 6.03 Å². The van der Waals surface area contributed by atoms with E-state index in [1.807, 2.05) is 43.3 Å². The second-order valence-corrected chi connectivity index (χ2v) is 9.40. The number of benzene rings is 2. The third-order valence-corrected chi connectivity index (χ3v) is 7.20. The van der Waals surface area contributed by atoms with Gasteiger partial charge in [-0.15, -0.1) is 0 Å². The van der Waals surface area contributed by atoms with E-state index in [1.54, 1.807) is 35.2 Å². The molecular weight excluding hydrogens is 398 g/mol. The van der Waals surface area contributed by atoms with Crippen molar-refractivity contribution in [3.05, 3.63) is 71.8 Å². The molecule has 6 nitrogen and oxygen atoms in total. The molecule has 0 radical (unpaired) electrons. The molecule has 1 aliphatic rings. The van der Waals surface area contributed by atoms with Crippen molar-refractivity contribution >= 4 is 22.1 Å². The lowest BCUT2D eigenvalue weighted by atomic mass is 10.2. The van der Waals surface area contributed by atoms with Gasteiger partial charge in [0.1, 0.15) is 0 Å². The van der Waals surface area contributed by atoms with Crippen LogP contribution in [0.5, 0.6) is 0 Å². The zero-order valence-corrected chi connectivity index (χ0v) is 18.4. The van der Waals surface area contributed by atoms with Gasteiger partial charge in [0.15, 0.2) is 0 Å². The quantitative estimate of drug-likeness (QED) is 0.766. The molecule has 0 spiro atoms. The Morgan fingerprint density at radius 1 is 1.07 bits per heavy atom. The van der Waals surface area contributed by atoms with Crippen molar-refractivity contribution in [3.63, 3.8) is 0 Å². The Kier molecular flexibility index (Phi) is 7.29. The number of quaternary nitrogens is 1. The summed E-state index contributed by atoms with van der Waals surface area (Å²) in [5.74, 6) is 0. The summed E-state index contributed by atoms with van der Waals surface area (Å²) in [6.07, 6.45) is 3.57. The van der Waals surface area contributed by atoms with E-state index in [1.165, 1.54) is 4.90 Å². The fourth-order valence-corrected chi connectivity index (χ4v) is 4.83. The maximum atomic E-state index is 13.3. The van der Waals surface area contributed by atoms with E-state index in [2.05, 4.69) is 6.92 Å². The van der Waals surface area contributed by atoms with Crippen molar-refractivity contribution in [1.29, 1.82) is 0 Å². The minimum atomic E-state index is -3.96. The summed E-state index contributed by atoms with van der Waals surface area (Å²) in [5, 5.41) is 0. The Hall–Kier alpha value is -2.64. The summed E-state index contributed by atoms with van der Waals surface area (Å²) < 4.78 is 27.7. The Morgan fingerprint density at radius 3 is 2.30 bits per heavy atom. The number of hydrogen-bond donors (Lipinski definition) is 1. The molecule has 0 aliphatic carbocycles. The van der Waals surface area contributed by atoms with Crippen LogP contribution in [0.1, 0.15) is 18.1 Å². The predicted molar refractivity (Wildman–Crippen MR) is 119 cm³/mol. The summed E-state index contributed by atoms with van der Waals surface area (Å²) in [6.45, 7) is 7.81. The molecule has 0 aromatic heterocycles. The van der Waals surface area contributed by atoms with Gasteiger partial charge in [0.05, 0.1) is 44.2 Å². The van der Waals surface area contributed by atoms with E-state index in [0.29, 0.717) is 13.1 Å². The van der Waals surface area contributed by atoms with Crippen LogP contribution in [0.3, 0.4) is 0 Å². The van der Waals surface area contributed by atoms with E-state index >= 15 is 0 Å². The summed E-state index contributed by atoms with van der Waals surface area (Å²) >= 11 is 0. The average molecular weight is 429 g/mol. The minimum absolute atomic E-state index is 0.00914. The van der Waals surface area contributed by atoms with E-state index in [0.717, 1.165) is 35.1 Å². The number of carbonyl (C=O) groups excluding carboxylic acids is 1. The van der Waals surface area contributed by atoms with Crippen LogP contribution in [0.4, 0.5) is 4.79 Å². The molecule has 2 amide bonds. The lowest BCUT2D eigenvalue weighted by Gasteiger charge is -2.34. The van der Waals surface area contributed by atoms with Crippen LogP contribution >= 0.6 is 0 Å². The first kappa shape index (κ1) is 22.1. The Balaban J connectivity index is 1.85. The van der Waals surface area contributed by atoms with Gasteiger partial charge in [-0.1, -0.05) is 60.2 Å². The fourth-order valence-electron chi connectivity index (χ4n) is 3.49. The normalized spacial score (nSPS) is 15.5. The number of nitrogens with zero attached hydrogens (tertiary/aromatic N) is 2. The molecule has 0 saturated carbocycles. The molecule has 1 saturated heterocycles. The highest BCUT2D eigenvalue weighted by Crippen LogP contribution is 2.19. The Morgan fingerprint density at radius 2 is 1.70 bits per heavy atom. The Bertz CT molecular complexity index is 965. The molecule has 1 N–H and O–H groups in total. The standard InChI is InChI=1S/C23H29N3O3S/c1-3-24-16-18-25(19-17-24)23(27)26(15-7-10-21-8-5-4-6-9-21)30(28,29)22-13-11-20(2)12-14-22/h4-14H,3,15-19H2,1-2H3/p+1/b10-7+. The zero-order chi connectivity index (χ0) is 21.6. The van der Waals surface area contributed by atoms with Gasteiger partial charge in [0.25, 0.3) is 10.0 Å². The molecule has 0 unspecified atom stereocenters. The molecule has 0 atom stereocenters. The molecule has 7 heteroatoms. The van der Waals surface area contributed by atoms with E-state index in [4.69, 9.17) is 0 Å². The number of rotatable bonds is 6. The van der Waals surface area contributed by atoms with Crippen LogP contribution in [0, 0.1) is 6.92 Å². The number of piperazine rings is 1. The van der Waals surface area contributed by atoms with Crippen molar-refractivity contribution in [2.75, 3.05) is 39.3 Å². The largest absolute Gasteiger partial charge is 0.334 e. The highest BCUT2D eigenvalue weighted by molar-refractivity contribution is 7.89. The van der Waals surface area contributed by atoms with Crippen molar-refractivity contribution in [2.45, 2.75) is 18.7 Å². The van der Waals surface area contributed by atoms with Gasteiger partial charge in [-0.2, -0.15) is 0 Å². The van der Waals surface area contributed by atoms with Gasteiger partial charge in [0, 0.05) is 0 Å². The number of nitrogens with one attached hydrogen (secondary N) is 1. The summed E-state index contributed by atoms with van der Waals surface area (Å²) in [7, 11) is -3.96. The zero-order valence-electron chi connectivity index (χ0n) is 17.6. The summed E-state index contributed by atoms with van der Waals surface area (Å²) in [5.41, 5.74) is 1.92. The highest BCUT2D eigenvalue weighted by Gasteiger charge is 2.34. The van der Waals surface area contributed by atoms with E-state index < -0.39 is 16.1 Å². The number of likely N-dealkylation sites (N-methyl/N-ethyl adjacent to an activating group) is 1. The van der Waals surface area contributed by atoms with E-state index in [9.17, 15) is 13.2 Å². The van der Waals surface area contributed by atoms with Gasteiger partial charge in [-0.25, -0.2) is 17.5 Å². The van der Waals surface area contributed by atoms with Gasteiger partial charge < -0.3 is 9.80 Å². The van der Waals surface area contributed by atoms with Crippen LogP contribution in [-0.2, 0) is 10.0 Å². The number of hydrogen-bond acceptors (Lipinski definition) is 3. The molecule has 1 aliphatic heterocycles. The third-order valence-electron chi connectivity index (χ3n) is 5.44. The summed E-state index contributed by atoms with van der Waals surface area (Å²) in [4.78, 5) is 16.5. The van der Waals surface area contributed by atoms with Crippen molar-refractivity contribution < 1.29 is 18.1 Å². The number of carbonyl (C=O) groups is 1. The second-order valence-electron chi connectivity index (χ2n) is 7.54. The van der Waals surface area contributed by atoms with E-state index in [-0.39, 0.29) is 11.4 Å². The van der Waals surface area contributed by atoms with Gasteiger partial charge in [0.2, 0.25) is 0 Å². The maximum Gasteiger partial charge on any atom is 0.334 e. The summed E-state index contributed by atoms with van der Waals surface area (Å²) in [6, 6.07) is 15.8. The SMILES string of the molecule is CC[NH+]1CCN(C(=O)N(C/C=C/c2ccccc2)S(=O)(=O)c2ccc(C)cc2)CC1. The lowest BCUT2D eigenvalue weighted by molar-refractivity contribution is -0.902. The smallest absolute Gasteiger partial charge is 0.332 e. The number of aryl methyl sites for hydroxylation is 1. The first-order chi connectivity index (χ1) is 14.4. The van der Waals surface area contributed by atoms with Crippen LogP contribution in [-0.4, -0.2) is 62.9 Å². The lowest BCUT2D eigenvalue weighted by Crippen LogP contribution is -3.14. The highest BCUT2D eigenvalue weighted by atomic mass is 32.2. The topological polar surface area (TPSA) is 62.1 Å². The van der Waals surface area contributed by atoms with Crippen molar-refractivity contribution in [3.8, 4) is 0 Å². The number of urea groups is 1. The van der Waals surface area contributed by atoms with Crippen LogP contribution < -0.4 is 4.90 Å². The first-order valence-corrected chi connectivity index (χ1v) is 11.8. The number of amides is 2. The van der Waals surface area contributed by atoms with Gasteiger partial charge in [-0.3, -0.25) is 0 Å². The molecule has 2 aromatic rings. The predicted octanol–water partition coefficient (Wildman–Crippen LogP) is 2.04. The monoisotopic (exact) mass is 428 g/mol. The first-order valence-electron chi connectivity index (χ1n) is 10.4. The number of sulfonamides is 1. The van der Waals surface area contributed by atoms with Crippen LogP contribution in [0.2, 0.25) is 0 Å². The van der Waals surface area contributed by atoms with Crippen molar-refractivity contribution in [1.82, 2.24) is 9.21 Å². The Labute approximate surface area is 179 Å². The van der Waals surface area contributed by atoms with Gasteiger partial charge in [-0.05, 0) is 31.5 Å². The van der Waals surface area contributed by atoms with Crippen LogP contribution in [0.15, 0.2) is 65.6 Å². The minimum Gasteiger partial charge on any atom is -0.332 e. The average Bonchev–Trinajstić information content (AvgIpc) is 2.77. The third kappa shape index (κ3) is 5.29. The fraction of sp³-hybridized carbons (Fsp3) is 0.348. The molecule has 1 heterocycles. The molecule has 160 valence electrons. The molecule has 30 heavy (non-hydrogen) atoms. The maximum absolute atomic E-state index is 13.3. The van der Waals surface area contributed by atoms with Crippen molar-refractivity contribution in [2.24, 2.45) is 0 Å². The molecule has 2 aromatic carbocycles. The van der Waals surface area contributed by atoms with Crippen LogP contribution in [0.25, 0.3) is 6.08 Å². The molecular formula is C23H30N3O3S+. The second kappa shape index (κ2) is 9.91. The molecule has 3 rings (SSSR count).